The van der Waals surface area contributed by atoms with Gasteiger partial charge in [0.25, 0.3) is 11.5 Å². The van der Waals surface area contributed by atoms with Gasteiger partial charge in [0.05, 0.1) is 18.8 Å². The number of H-pyrrole nitrogens is 1. The van der Waals surface area contributed by atoms with Crippen LogP contribution in [0, 0.1) is 11.8 Å². The molecule has 7 nitrogen and oxygen atoms in total. The molecule has 104 valence electrons. The first-order chi connectivity index (χ1) is 9.20. The van der Waals surface area contributed by atoms with Crippen LogP contribution in [0.1, 0.15) is 17.0 Å². The van der Waals surface area contributed by atoms with E-state index in [-0.39, 0.29) is 29.7 Å². The zero-order chi connectivity index (χ0) is 13.4. The minimum absolute atomic E-state index is 0.00327. The standard InChI is InChI=1S/C12H16N2O5/c1-17-5-7-10(6-2-3-18-11(6)7)13-12(16)8-4-9(15)14-19-8/h4,6-7,10-11H,2-3,5H2,1H3,(H,13,16)(H,14,15)/t6-,7+,10+,11-/m1/s1. The summed E-state index contributed by atoms with van der Waals surface area (Å²) in [4.78, 5) is 22.9. The lowest BCUT2D eigenvalue weighted by Gasteiger charge is -2.47. The second-order valence-electron chi connectivity index (χ2n) is 4.98. The molecule has 1 amide bonds. The van der Waals surface area contributed by atoms with Crippen molar-refractivity contribution in [3.63, 3.8) is 0 Å². The molecule has 3 rings (SSSR count). The van der Waals surface area contributed by atoms with E-state index in [0.717, 1.165) is 19.1 Å². The third-order valence-corrected chi connectivity index (χ3v) is 3.93. The Balaban J connectivity index is 1.68. The number of hydrogen-bond acceptors (Lipinski definition) is 5. The van der Waals surface area contributed by atoms with E-state index in [2.05, 4.69) is 10.5 Å². The summed E-state index contributed by atoms with van der Waals surface area (Å²) in [5, 5.41) is 5.00. The van der Waals surface area contributed by atoms with Gasteiger partial charge in [-0.2, -0.15) is 5.16 Å². The van der Waals surface area contributed by atoms with Crippen molar-refractivity contribution in [3.8, 4) is 0 Å². The molecule has 1 saturated heterocycles. The van der Waals surface area contributed by atoms with Crippen molar-refractivity contribution in [3.05, 3.63) is 22.2 Å². The van der Waals surface area contributed by atoms with Crippen molar-refractivity contribution in [2.75, 3.05) is 20.3 Å². The van der Waals surface area contributed by atoms with E-state index in [0.29, 0.717) is 12.5 Å². The molecule has 2 aliphatic rings. The molecule has 1 aromatic rings. The summed E-state index contributed by atoms with van der Waals surface area (Å²) in [5.74, 6) is 0.111. The number of carbonyl (C=O) groups is 1. The maximum Gasteiger partial charge on any atom is 0.290 e. The minimum atomic E-state index is -0.422. The quantitative estimate of drug-likeness (QED) is 0.785. The smallest absolute Gasteiger partial charge is 0.290 e. The average molecular weight is 268 g/mol. The molecule has 0 aromatic carbocycles. The van der Waals surface area contributed by atoms with Gasteiger partial charge >= 0.3 is 0 Å². The number of methoxy groups -OCH3 is 1. The van der Waals surface area contributed by atoms with Crippen LogP contribution in [-0.2, 0) is 9.47 Å². The van der Waals surface area contributed by atoms with Gasteiger partial charge in [0.1, 0.15) is 0 Å². The minimum Gasteiger partial charge on any atom is -0.384 e. The van der Waals surface area contributed by atoms with Crippen LogP contribution in [0.5, 0.6) is 0 Å². The van der Waals surface area contributed by atoms with E-state index in [4.69, 9.17) is 14.0 Å². The van der Waals surface area contributed by atoms with E-state index in [1.807, 2.05) is 0 Å². The maximum absolute atomic E-state index is 12.0. The largest absolute Gasteiger partial charge is 0.384 e. The van der Waals surface area contributed by atoms with Crippen LogP contribution in [0.4, 0.5) is 0 Å². The highest BCUT2D eigenvalue weighted by Crippen LogP contribution is 2.43. The topological polar surface area (TPSA) is 93.6 Å². The van der Waals surface area contributed by atoms with Crippen molar-refractivity contribution < 1.29 is 18.8 Å². The van der Waals surface area contributed by atoms with Gasteiger partial charge in [-0.25, -0.2) is 0 Å². The summed E-state index contributed by atoms with van der Waals surface area (Å²) in [7, 11) is 1.63. The molecule has 1 saturated carbocycles. The molecule has 1 aliphatic heterocycles. The third kappa shape index (κ3) is 2.08. The summed E-state index contributed by atoms with van der Waals surface area (Å²) in [6, 6.07) is 1.15. The summed E-state index contributed by atoms with van der Waals surface area (Å²) < 4.78 is 15.6. The van der Waals surface area contributed by atoms with Gasteiger partial charge in [0.2, 0.25) is 5.76 Å². The fourth-order valence-electron chi connectivity index (χ4n) is 3.05. The first-order valence-corrected chi connectivity index (χ1v) is 6.30. The lowest BCUT2D eigenvalue weighted by molar-refractivity contribution is -0.0811. The molecule has 4 atom stereocenters. The number of amides is 1. The summed E-state index contributed by atoms with van der Waals surface area (Å²) in [5.41, 5.74) is -0.422. The van der Waals surface area contributed by atoms with Gasteiger partial charge < -0.3 is 19.3 Å². The maximum atomic E-state index is 12.0. The Bertz CT molecular complexity index is 522. The van der Waals surface area contributed by atoms with Crippen LogP contribution in [-0.4, -0.2) is 43.5 Å². The Morgan fingerprint density at radius 3 is 3.16 bits per heavy atom. The van der Waals surface area contributed by atoms with Gasteiger partial charge in [0.15, 0.2) is 0 Å². The van der Waals surface area contributed by atoms with Crippen molar-refractivity contribution in [2.45, 2.75) is 18.6 Å². The van der Waals surface area contributed by atoms with Gasteiger partial charge in [-0.1, -0.05) is 0 Å². The number of rotatable bonds is 4. The monoisotopic (exact) mass is 268 g/mol. The summed E-state index contributed by atoms with van der Waals surface area (Å²) in [6.45, 7) is 1.27. The molecule has 2 heterocycles. The predicted molar refractivity (Wildman–Crippen MR) is 63.8 cm³/mol. The predicted octanol–water partition coefficient (Wildman–Crippen LogP) is -0.252. The van der Waals surface area contributed by atoms with Gasteiger partial charge in [-0.3, -0.25) is 9.59 Å². The highest BCUT2D eigenvalue weighted by atomic mass is 16.5. The van der Waals surface area contributed by atoms with Crippen LogP contribution in [0.3, 0.4) is 0 Å². The zero-order valence-electron chi connectivity index (χ0n) is 10.5. The molecular weight excluding hydrogens is 252 g/mol. The first-order valence-electron chi connectivity index (χ1n) is 6.30. The normalized spacial score (nSPS) is 32.7. The summed E-state index contributed by atoms with van der Waals surface area (Å²) >= 11 is 0. The van der Waals surface area contributed by atoms with Crippen LogP contribution < -0.4 is 10.9 Å². The Hall–Kier alpha value is -1.60. The van der Waals surface area contributed by atoms with Gasteiger partial charge in [-0.05, 0) is 6.42 Å². The molecular formula is C12H16N2O5. The molecule has 1 aliphatic carbocycles. The van der Waals surface area contributed by atoms with E-state index >= 15 is 0 Å². The first kappa shape index (κ1) is 12.4. The van der Waals surface area contributed by atoms with Crippen molar-refractivity contribution >= 4 is 5.91 Å². The van der Waals surface area contributed by atoms with Gasteiger partial charge in [-0.15, -0.1) is 0 Å². The number of fused-ring (bicyclic) bond motifs is 1. The Morgan fingerprint density at radius 1 is 1.63 bits per heavy atom. The highest BCUT2D eigenvalue weighted by Gasteiger charge is 2.54. The molecule has 0 bridgehead atoms. The van der Waals surface area contributed by atoms with Crippen LogP contribution >= 0.6 is 0 Å². The molecule has 0 radical (unpaired) electrons. The van der Waals surface area contributed by atoms with Crippen molar-refractivity contribution in [1.82, 2.24) is 10.5 Å². The number of carbonyl (C=O) groups excluding carboxylic acids is 1. The number of aromatic nitrogens is 1. The third-order valence-electron chi connectivity index (χ3n) is 3.93. The fourth-order valence-corrected chi connectivity index (χ4v) is 3.05. The van der Waals surface area contributed by atoms with Crippen LogP contribution in [0.2, 0.25) is 0 Å². The Labute approximate surface area is 109 Å². The molecule has 2 fully saturated rings. The Kier molecular flexibility index (Phi) is 3.16. The van der Waals surface area contributed by atoms with E-state index in [9.17, 15) is 9.59 Å². The number of ether oxygens (including phenoxy) is 2. The second-order valence-corrected chi connectivity index (χ2v) is 4.98. The second kappa shape index (κ2) is 4.82. The average Bonchev–Trinajstić information content (AvgIpc) is 3.00. The zero-order valence-corrected chi connectivity index (χ0v) is 10.5. The SMILES string of the molecule is COC[C@H]1[C@@H](NC(=O)c2cc(=O)[nH]o2)[C@H]2CCO[C@H]21. The number of hydrogen-bond donors (Lipinski definition) is 2. The van der Waals surface area contributed by atoms with Crippen molar-refractivity contribution in [2.24, 2.45) is 11.8 Å². The molecule has 0 unspecified atom stereocenters. The molecule has 7 heteroatoms. The number of nitrogens with one attached hydrogen (secondary N) is 2. The molecule has 1 aromatic heterocycles. The van der Waals surface area contributed by atoms with Gasteiger partial charge in [0, 0.05) is 31.6 Å². The van der Waals surface area contributed by atoms with Crippen molar-refractivity contribution in [1.29, 1.82) is 0 Å². The Morgan fingerprint density at radius 2 is 2.47 bits per heavy atom. The molecule has 0 spiro atoms. The van der Waals surface area contributed by atoms with E-state index in [1.54, 1.807) is 7.11 Å². The molecule has 19 heavy (non-hydrogen) atoms. The van der Waals surface area contributed by atoms with Crippen LogP contribution in [0.25, 0.3) is 0 Å². The van der Waals surface area contributed by atoms with E-state index < -0.39 is 5.56 Å². The number of aromatic amines is 1. The lowest BCUT2D eigenvalue weighted by Crippen LogP contribution is -2.62. The van der Waals surface area contributed by atoms with Crippen LogP contribution in [0.15, 0.2) is 15.4 Å². The summed E-state index contributed by atoms with van der Waals surface area (Å²) in [6.07, 6.45) is 1.11. The highest BCUT2D eigenvalue weighted by molar-refractivity contribution is 5.91. The van der Waals surface area contributed by atoms with E-state index in [1.165, 1.54) is 0 Å². The lowest BCUT2D eigenvalue weighted by atomic mass is 9.67. The fraction of sp³-hybridized carbons (Fsp3) is 0.667. The molecule has 2 N–H and O–H groups in total.